The Labute approximate surface area is 175 Å². The first-order chi connectivity index (χ1) is 14.5. The lowest BCUT2D eigenvalue weighted by molar-refractivity contribution is -0.117. The van der Waals surface area contributed by atoms with E-state index in [4.69, 9.17) is 11.3 Å². The van der Waals surface area contributed by atoms with Crippen molar-refractivity contribution in [1.82, 2.24) is 4.98 Å². The molecular weight excluding hydrogens is 380 g/mol. The predicted molar refractivity (Wildman–Crippen MR) is 113 cm³/mol. The Morgan fingerprint density at radius 3 is 2.70 bits per heavy atom. The molecule has 7 nitrogen and oxygen atoms in total. The number of hydrogen-bond donors (Lipinski definition) is 1. The number of methoxy groups -OCH3 is 1. The van der Waals surface area contributed by atoms with Gasteiger partial charge in [0, 0.05) is 30.8 Å². The fourth-order valence-corrected chi connectivity index (χ4v) is 4.56. The Hall–Kier alpha value is -3.40. The van der Waals surface area contributed by atoms with E-state index in [0.29, 0.717) is 23.0 Å². The van der Waals surface area contributed by atoms with Crippen molar-refractivity contribution in [2.45, 2.75) is 38.8 Å². The predicted octanol–water partition coefficient (Wildman–Crippen LogP) is 4.35. The van der Waals surface area contributed by atoms with Gasteiger partial charge in [-0.2, -0.15) is 0 Å². The number of benzene rings is 1. The van der Waals surface area contributed by atoms with Crippen LogP contribution in [0.15, 0.2) is 36.5 Å². The van der Waals surface area contributed by atoms with Crippen LogP contribution in [-0.2, 0) is 9.53 Å². The molecule has 154 valence electrons. The van der Waals surface area contributed by atoms with Crippen molar-refractivity contribution in [3.63, 3.8) is 0 Å². The van der Waals surface area contributed by atoms with Gasteiger partial charge in [-0.3, -0.25) is 4.79 Å². The fourth-order valence-electron chi connectivity index (χ4n) is 4.56. The van der Waals surface area contributed by atoms with E-state index in [1.165, 1.54) is 7.11 Å². The van der Waals surface area contributed by atoms with Crippen LogP contribution in [0.5, 0.6) is 0 Å². The highest BCUT2D eigenvalue weighted by Crippen LogP contribution is 2.50. The number of ether oxygens (including phenoxy) is 1. The Balaban J connectivity index is 1.83. The monoisotopic (exact) mass is 404 g/mol. The quantitative estimate of drug-likeness (QED) is 0.606. The number of pyridine rings is 1. The topological polar surface area (TPSA) is 75.9 Å². The first-order valence-corrected chi connectivity index (χ1v) is 10.1. The van der Waals surface area contributed by atoms with Crippen LogP contribution >= 0.6 is 0 Å². The summed E-state index contributed by atoms with van der Waals surface area (Å²) >= 11 is 0. The zero-order valence-corrected chi connectivity index (χ0v) is 17.3. The number of nitrogens with one attached hydrogen (secondary N) is 1. The number of anilines is 2. The number of amides is 1. The highest BCUT2D eigenvalue weighted by Gasteiger charge is 2.47. The molecule has 0 radical (unpaired) electrons. The van der Waals surface area contributed by atoms with Gasteiger partial charge in [0.05, 0.1) is 19.7 Å². The van der Waals surface area contributed by atoms with E-state index < -0.39 is 5.97 Å². The SMILES string of the molecule is [C-]#[N+]c1ccc2c(c1)[C@H](Nc1ncccc1C(=O)OC)[C@@H](C)[C@H](C1CC1)N2C(C)=O. The Morgan fingerprint density at radius 1 is 1.30 bits per heavy atom. The Kier molecular flexibility index (Phi) is 5.17. The molecule has 1 N–H and O–H groups in total. The number of hydrogen-bond acceptors (Lipinski definition) is 5. The molecule has 2 heterocycles. The third kappa shape index (κ3) is 3.39. The molecule has 1 aromatic heterocycles. The van der Waals surface area contributed by atoms with Gasteiger partial charge in [0.15, 0.2) is 5.69 Å². The highest BCUT2D eigenvalue weighted by atomic mass is 16.5. The molecule has 1 aliphatic carbocycles. The molecule has 1 aliphatic heterocycles. The molecule has 0 spiro atoms. The number of esters is 1. The summed E-state index contributed by atoms with van der Waals surface area (Å²) in [6, 6.07) is 8.65. The van der Waals surface area contributed by atoms with Gasteiger partial charge in [-0.1, -0.05) is 13.0 Å². The minimum Gasteiger partial charge on any atom is -0.465 e. The first-order valence-electron chi connectivity index (χ1n) is 10.1. The van der Waals surface area contributed by atoms with Crippen LogP contribution in [0.25, 0.3) is 4.85 Å². The number of carbonyl (C=O) groups excluding carboxylic acids is 2. The van der Waals surface area contributed by atoms with Crippen molar-refractivity contribution in [1.29, 1.82) is 0 Å². The minimum absolute atomic E-state index is 0.00194. The summed E-state index contributed by atoms with van der Waals surface area (Å²) in [7, 11) is 1.34. The molecule has 0 unspecified atom stereocenters. The summed E-state index contributed by atoms with van der Waals surface area (Å²) in [4.78, 5) is 34.7. The average molecular weight is 404 g/mol. The minimum atomic E-state index is -0.465. The summed E-state index contributed by atoms with van der Waals surface area (Å²) in [6.45, 7) is 11.1. The standard InChI is InChI=1S/C23H24N4O3/c1-13-20(26-22-17(23(29)30-4)6-5-11-25-22)18-12-16(24-3)9-10-19(18)27(14(2)28)21(13)15-7-8-15/h5-6,9-13,15,20-21H,7-8H2,1-2,4H3,(H,25,26)/t13-,20-,21-/m1/s1. The number of nitrogens with zero attached hydrogens (tertiary/aromatic N) is 3. The van der Waals surface area contributed by atoms with Crippen LogP contribution in [0, 0.1) is 18.4 Å². The van der Waals surface area contributed by atoms with E-state index in [-0.39, 0.29) is 23.9 Å². The lowest BCUT2D eigenvalue weighted by Crippen LogP contribution is -2.51. The van der Waals surface area contributed by atoms with Crippen LogP contribution in [0.1, 0.15) is 48.7 Å². The van der Waals surface area contributed by atoms with Gasteiger partial charge < -0.3 is 15.0 Å². The second-order valence-electron chi connectivity index (χ2n) is 7.94. The van der Waals surface area contributed by atoms with Crippen molar-refractivity contribution in [3.8, 4) is 0 Å². The number of fused-ring (bicyclic) bond motifs is 1. The van der Waals surface area contributed by atoms with Crippen LogP contribution in [0.3, 0.4) is 0 Å². The molecule has 1 amide bonds. The molecule has 3 atom stereocenters. The zero-order valence-electron chi connectivity index (χ0n) is 17.3. The van der Waals surface area contributed by atoms with Gasteiger partial charge >= 0.3 is 5.97 Å². The maximum Gasteiger partial charge on any atom is 0.341 e. The van der Waals surface area contributed by atoms with E-state index in [1.54, 1.807) is 31.3 Å². The number of carbonyl (C=O) groups is 2. The molecule has 0 bridgehead atoms. The van der Waals surface area contributed by atoms with Crippen molar-refractivity contribution in [2.24, 2.45) is 11.8 Å². The molecule has 1 fully saturated rings. The molecule has 4 rings (SSSR count). The van der Waals surface area contributed by atoms with E-state index in [0.717, 1.165) is 24.1 Å². The normalized spacial score (nSPS) is 22.6. The summed E-state index contributed by atoms with van der Waals surface area (Å²) < 4.78 is 4.91. The van der Waals surface area contributed by atoms with E-state index in [1.807, 2.05) is 17.0 Å². The van der Waals surface area contributed by atoms with Gasteiger partial charge in [0.25, 0.3) is 0 Å². The fraction of sp³-hybridized carbons (Fsp3) is 0.391. The Bertz CT molecular complexity index is 1040. The van der Waals surface area contributed by atoms with Crippen molar-refractivity contribution in [3.05, 3.63) is 59.1 Å². The smallest absolute Gasteiger partial charge is 0.341 e. The second kappa shape index (κ2) is 7.79. The van der Waals surface area contributed by atoms with Gasteiger partial charge in [0.2, 0.25) is 5.91 Å². The molecular formula is C23H24N4O3. The molecule has 0 saturated heterocycles. The van der Waals surface area contributed by atoms with Crippen LogP contribution in [-0.4, -0.2) is 30.0 Å². The first kappa shape index (κ1) is 19.9. The molecule has 2 aromatic rings. The molecule has 30 heavy (non-hydrogen) atoms. The van der Waals surface area contributed by atoms with Gasteiger partial charge in [-0.15, -0.1) is 0 Å². The largest absolute Gasteiger partial charge is 0.465 e. The van der Waals surface area contributed by atoms with Crippen LogP contribution < -0.4 is 10.2 Å². The summed E-state index contributed by atoms with van der Waals surface area (Å²) in [5, 5.41) is 3.44. The number of aromatic nitrogens is 1. The molecule has 7 heteroatoms. The van der Waals surface area contributed by atoms with Gasteiger partial charge in [-0.05, 0) is 48.6 Å². The molecule has 2 aliphatic rings. The summed E-state index contributed by atoms with van der Waals surface area (Å²) in [5.41, 5.74) is 2.55. The van der Waals surface area contributed by atoms with E-state index >= 15 is 0 Å². The van der Waals surface area contributed by atoms with E-state index in [9.17, 15) is 9.59 Å². The highest BCUT2D eigenvalue weighted by molar-refractivity contribution is 5.96. The van der Waals surface area contributed by atoms with Gasteiger partial charge in [-0.25, -0.2) is 14.6 Å². The summed E-state index contributed by atoms with van der Waals surface area (Å²) in [5.74, 6) is 0.481. The second-order valence-corrected chi connectivity index (χ2v) is 7.94. The van der Waals surface area contributed by atoms with Crippen LogP contribution in [0.2, 0.25) is 0 Å². The molecule has 1 saturated carbocycles. The third-order valence-corrected chi connectivity index (χ3v) is 6.05. The maximum absolute atomic E-state index is 12.6. The summed E-state index contributed by atoms with van der Waals surface area (Å²) in [6.07, 6.45) is 3.81. The third-order valence-electron chi connectivity index (χ3n) is 6.05. The molecule has 1 aromatic carbocycles. The van der Waals surface area contributed by atoms with E-state index in [2.05, 4.69) is 22.1 Å². The Morgan fingerprint density at radius 2 is 2.07 bits per heavy atom. The zero-order chi connectivity index (χ0) is 21.4. The lowest BCUT2D eigenvalue weighted by Gasteiger charge is -2.46. The van der Waals surface area contributed by atoms with Crippen molar-refractivity contribution >= 4 is 29.1 Å². The average Bonchev–Trinajstić information content (AvgIpc) is 3.59. The maximum atomic E-state index is 12.6. The number of rotatable bonds is 4. The lowest BCUT2D eigenvalue weighted by atomic mass is 9.79. The van der Waals surface area contributed by atoms with Crippen LogP contribution in [0.4, 0.5) is 17.2 Å². The van der Waals surface area contributed by atoms with Crippen molar-refractivity contribution < 1.29 is 14.3 Å². The van der Waals surface area contributed by atoms with Gasteiger partial charge in [0.1, 0.15) is 11.4 Å². The van der Waals surface area contributed by atoms with Crippen molar-refractivity contribution in [2.75, 3.05) is 17.3 Å².